The van der Waals surface area contributed by atoms with Crippen molar-refractivity contribution in [3.05, 3.63) is 72.9 Å². The van der Waals surface area contributed by atoms with Crippen LogP contribution < -0.4 is 4.90 Å². The molecule has 0 radical (unpaired) electrons. The minimum absolute atomic E-state index is 0.972. The van der Waals surface area contributed by atoms with Crippen LogP contribution in [0.1, 0.15) is 13.8 Å². The van der Waals surface area contributed by atoms with E-state index in [4.69, 9.17) is 4.98 Å². The highest BCUT2D eigenvalue weighted by atomic mass is 15.2. The van der Waals surface area contributed by atoms with Crippen LogP contribution in [0.3, 0.4) is 0 Å². The number of nitrogens with zero attached hydrogens (tertiary/aromatic N) is 3. The fraction of sp³-hybridized carbons (Fsp3) is 0.240. The maximum Gasteiger partial charge on any atom is 0.215 e. The number of nitrogens with one attached hydrogen (secondary N) is 1. The third-order valence-corrected chi connectivity index (χ3v) is 6.12. The van der Waals surface area contributed by atoms with Gasteiger partial charge in [-0.05, 0) is 36.8 Å². The number of hydrogen-bond acceptors (Lipinski definition) is 1. The van der Waals surface area contributed by atoms with E-state index < -0.39 is 0 Å². The second-order valence-electron chi connectivity index (χ2n) is 7.67. The number of quaternary nitrogens is 1. The normalized spacial score (nSPS) is 12.0. The predicted octanol–water partition coefficient (Wildman–Crippen LogP) is 4.03. The van der Waals surface area contributed by atoms with Gasteiger partial charge < -0.3 is 9.47 Å². The molecule has 0 aliphatic carbocycles. The Labute approximate surface area is 171 Å². The molecular weight excluding hydrogens is 356 g/mol. The molecule has 29 heavy (non-hydrogen) atoms. The quantitative estimate of drug-likeness (QED) is 0.471. The van der Waals surface area contributed by atoms with Gasteiger partial charge in [0.05, 0.1) is 42.9 Å². The van der Waals surface area contributed by atoms with Crippen LogP contribution in [0.2, 0.25) is 0 Å². The Hall–Kier alpha value is -3.11. The van der Waals surface area contributed by atoms with Gasteiger partial charge in [0.1, 0.15) is 0 Å². The molecule has 1 N–H and O–H groups in total. The molecule has 5 aromatic rings. The Morgan fingerprint density at radius 1 is 0.828 bits per heavy atom. The molecule has 0 spiro atoms. The highest BCUT2D eigenvalue weighted by molar-refractivity contribution is 5.96. The summed E-state index contributed by atoms with van der Waals surface area (Å²) in [6, 6.07) is 23.6. The zero-order chi connectivity index (χ0) is 19.8. The number of para-hydroxylation sites is 2. The van der Waals surface area contributed by atoms with Gasteiger partial charge in [-0.25, -0.2) is 4.98 Å². The Kier molecular flexibility index (Phi) is 4.57. The zero-order valence-corrected chi connectivity index (χ0v) is 17.1. The minimum atomic E-state index is 0.972. The summed E-state index contributed by atoms with van der Waals surface area (Å²) in [6.07, 6.45) is 2.19. The molecule has 0 saturated heterocycles. The lowest BCUT2D eigenvalue weighted by molar-refractivity contribution is -0.897. The second kappa shape index (κ2) is 7.37. The molecule has 2 heterocycles. The Morgan fingerprint density at radius 3 is 2.38 bits per heavy atom. The fourth-order valence-electron chi connectivity index (χ4n) is 4.41. The van der Waals surface area contributed by atoms with Gasteiger partial charge in [0.2, 0.25) is 5.78 Å². The molecule has 0 aliphatic rings. The summed E-state index contributed by atoms with van der Waals surface area (Å²) in [7, 11) is 0. The first-order chi connectivity index (χ1) is 14.3. The van der Waals surface area contributed by atoms with Gasteiger partial charge in [0, 0.05) is 11.8 Å². The van der Waals surface area contributed by atoms with Crippen molar-refractivity contribution in [2.75, 3.05) is 19.6 Å². The standard InChI is InChI=1S/C25H26N4/c1-3-27(4-2)16-17-28-23-14-7-8-15-24(23)29-18-22(26-25(28)29)21-13-9-11-19-10-5-6-12-20(19)21/h5-15,18H,3-4,16-17H2,1-2H3/p+1. The second-order valence-corrected chi connectivity index (χ2v) is 7.67. The number of fused-ring (bicyclic) bond motifs is 4. The maximum atomic E-state index is 5.12. The smallest absolute Gasteiger partial charge is 0.215 e. The van der Waals surface area contributed by atoms with Crippen LogP contribution in [0.15, 0.2) is 72.9 Å². The van der Waals surface area contributed by atoms with Crippen molar-refractivity contribution < 1.29 is 4.90 Å². The third kappa shape index (κ3) is 3.00. The number of aromatic nitrogens is 3. The van der Waals surface area contributed by atoms with Gasteiger partial charge in [-0.15, -0.1) is 0 Å². The minimum Gasteiger partial charge on any atom is -0.334 e. The van der Waals surface area contributed by atoms with E-state index in [9.17, 15) is 0 Å². The SMILES string of the molecule is CC[NH+](CC)CCn1c2ccccc2n2cc(-c3cccc4ccccc34)nc12. The molecule has 2 aromatic heterocycles. The highest BCUT2D eigenvalue weighted by Gasteiger charge is 2.16. The third-order valence-electron chi connectivity index (χ3n) is 6.12. The van der Waals surface area contributed by atoms with Gasteiger partial charge in [0.25, 0.3) is 0 Å². The molecular formula is C25H27N4+. The van der Waals surface area contributed by atoms with E-state index in [0.717, 1.165) is 37.7 Å². The van der Waals surface area contributed by atoms with Crippen molar-refractivity contribution in [2.45, 2.75) is 20.4 Å². The van der Waals surface area contributed by atoms with Crippen LogP contribution in [0, 0.1) is 0 Å². The van der Waals surface area contributed by atoms with E-state index in [0.29, 0.717) is 0 Å². The van der Waals surface area contributed by atoms with E-state index >= 15 is 0 Å². The molecule has 0 saturated carbocycles. The Balaban J connectivity index is 1.67. The molecule has 3 aromatic carbocycles. The van der Waals surface area contributed by atoms with Crippen molar-refractivity contribution in [3.8, 4) is 11.3 Å². The van der Waals surface area contributed by atoms with Crippen LogP contribution in [0.5, 0.6) is 0 Å². The largest absolute Gasteiger partial charge is 0.334 e. The molecule has 0 bridgehead atoms. The molecule has 0 aliphatic heterocycles. The van der Waals surface area contributed by atoms with E-state index in [1.165, 1.54) is 27.4 Å². The van der Waals surface area contributed by atoms with Crippen LogP contribution in [-0.2, 0) is 6.54 Å². The number of likely N-dealkylation sites (N-methyl/N-ethyl adjacent to an activating group) is 1. The van der Waals surface area contributed by atoms with Crippen LogP contribution >= 0.6 is 0 Å². The first-order valence-corrected chi connectivity index (χ1v) is 10.6. The van der Waals surface area contributed by atoms with Gasteiger partial charge in [-0.2, -0.15) is 0 Å². The molecule has 0 atom stereocenters. The first kappa shape index (κ1) is 18.0. The topological polar surface area (TPSA) is 26.7 Å². The molecule has 4 heteroatoms. The van der Waals surface area contributed by atoms with E-state index in [-0.39, 0.29) is 0 Å². The van der Waals surface area contributed by atoms with Crippen LogP contribution in [-0.4, -0.2) is 33.6 Å². The van der Waals surface area contributed by atoms with Gasteiger partial charge in [-0.3, -0.25) is 4.40 Å². The summed E-state index contributed by atoms with van der Waals surface area (Å²) in [6.45, 7) is 8.91. The summed E-state index contributed by atoms with van der Waals surface area (Å²) in [4.78, 5) is 6.73. The molecule has 5 rings (SSSR count). The monoisotopic (exact) mass is 383 g/mol. The van der Waals surface area contributed by atoms with E-state index in [2.05, 4.69) is 95.7 Å². The van der Waals surface area contributed by atoms with Gasteiger partial charge in [0.15, 0.2) is 0 Å². The average molecular weight is 384 g/mol. The number of benzene rings is 3. The maximum absolute atomic E-state index is 5.12. The fourth-order valence-corrected chi connectivity index (χ4v) is 4.41. The van der Waals surface area contributed by atoms with E-state index in [1.807, 2.05) is 0 Å². The number of hydrogen-bond donors (Lipinski definition) is 1. The summed E-state index contributed by atoms with van der Waals surface area (Å²) in [5.41, 5.74) is 4.70. The first-order valence-electron chi connectivity index (χ1n) is 10.6. The number of imidazole rings is 2. The number of rotatable bonds is 6. The van der Waals surface area contributed by atoms with Gasteiger partial charge >= 0.3 is 0 Å². The predicted molar refractivity (Wildman–Crippen MR) is 121 cm³/mol. The van der Waals surface area contributed by atoms with Crippen LogP contribution in [0.25, 0.3) is 38.8 Å². The lowest BCUT2D eigenvalue weighted by atomic mass is 10.0. The van der Waals surface area contributed by atoms with Crippen molar-refractivity contribution in [3.63, 3.8) is 0 Å². The summed E-state index contributed by atoms with van der Waals surface area (Å²) in [5, 5.41) is 2.50. The summed E-state index contributed by atoms with van der Waals surface area (Å²) >= 11 is 0. The van der Waals surface area contributed by atoms with Crippen molar-refractivity contribution in [1.29, 1.82) is 0 Å². The summed E-state index contributed by atoms with van der Waals surface area (Å²) < 4.78 is 4.64. The van der Waals surface area contributed by atoms with Crippen LogP contribution in [0.4, 0.5) is 0 Å². The lowest BCUT2D eigenvalue weighted by Gasteiger charge is -2.15. The Morgan fingerprint density at radius 2 is 1.55 bits per heavy atom. The molecule has 146 valence electrons. The molecule has 0 unspecified atom stereocenters. The molecule has 4 nitrogen and oxygen atoms in total. The molecule has 0 amide bonds. The van der Waals surface area contributed by atoms with Gasteiger partial charge in [-0.1, -0.05) is 54.6 Å². The molecule has 0 fully saturated rings. The zero-order valence-electron chi connectivity index (χ0n) is 17.1. The van der Waals surface area contributed by atoms with E-state index in [1.54, 1.807) is 4.90 Å². The highest BCUT2D eigenvalue weighted by Crippen LogP contribution is 2.30. The van der Waals surface area contributed by atoms with Crippen molar-refractivity contribution in [2.24, 2.45) is 0 Å². The van der Waals surface area contributed by atoms with Crippen molar-refractivity contribution >= 4 is 27.6 Å². The lowest BCUT2D eigenvalue weighted by Crippen LogP contribution is -3.11. The Bertz CT molecular complexity index is 1290. The average Bonchev–Trinajstić information content (AvgIpc) is 3.32. The summed E-state index contributed by atoms with van der Waals surface area (Å²) in [5.74, 6) is 1.03. The van der Waals surface area contributed by atoms with Crippen molar-refractivity contribution in [1.82, 2.24) is 14.0 Å².